The molecule has 0 bridgehead atoms. The standard InChI is InChI=1S/C16H20N2O2/c1-10-4-3-5-14(11(10)2)18-9-17-13-7-6-12(16(19)20)8-15(13)18/h6-11,14H,3-5H2,1-2H3,(H,19,20). The van der Waals surface area contributed by atoms with Crippen LogP contribution in [0.5, 0.6) is 0 Å². The van der Waals surface area contributed by atoms with Gasteiger partial charge in [0.25, 0.3) is 0 Å². The Hall–Kier alpha value is -1.84. The van der Waals surface area contributed by atoms with Crippen LogP contribution in [0.4, 0.5) is 0 Å². The normalized spacial score (nSPS) is 26.8. The van der Waals surface area contributed by atoms with Crippen molar-refractivity contribution in [3.63, 3.8) is 0 Å². The number of carboxylic acid groups (broad SMARTS) is 1. The Morgan fingerprint density at radius 2 is 2.15 bits per heavy atom. The summed E-state index contributed by atoms with van der Waals surface area (Å²) in [6.45, 7) is 4.60. The van der Waals surface area contributed by atoms with Crippen LogP contribution < -0.4 is 0 Å². The molecular formula is C16H20N2O2. The minimum Gasteiger partial charge on any atom is -0.478 e. The Balaban J connectivity index is 2.06. The highest BCUT2D eigenvalue weighted by atomic mass is 16.4. The number of carboxylic acids is 1. The highest BCUT2D eigenvalue weighted by Gasteiger charge is 2.29. The fraction of sp³-hybridized carbons (Fsp3) is 0.500. The Morgan fingerprint density at radius 1 is 1.35 bits per heavy atom. The van der Waals surface area contributed by atoms with E-state index < -0.39 is 5.97 Å². The van der Waals surface area contributed by atoms with Crippen molar-refractivity contribution in [2.24, 2.45) is 11.8 Å². The molecule has 4 nitrogen and oxygen atoms in total. The highest BCUT2D eigenvalue weighted by molar-refractivity contribution is 5.92. The lowest BCUT2D eigenvalue weighted by atomic mass is 9.78. The van der Waals surface area contributed by atoms with Gasteiger partial charge in [0.2, 0.25) is 0 Å². The molecule has 20 heavy (non-hydrogen) atoms. The molecule has 3 unspecified atom stereocenters. The van der Waals surface area contributed by atoms with Crippen molar-refractivity contribution in [1.29, 1.82) is 0 Å². The number of nitrogens with zero attached hydrogens (tertiary/aromatic N) is 2. The SMILES string of the molecule is CC1CCCC(n2cnc3ccc(C(=O)O)cc32)C1C. The van der Waals surface area contributed by atoms with Gasteiger partial charge in [0.05, 0.1) is 22.9 Å². The predicted molar refractivity (Wildman–Crippen MR) is 77.9 cm³/mol. The number of carbonyl (C=O) groups is 1. The van der Waals surface area contributed by atoms with Crippen LogP contribution in [0.2, 0.25) is 0 Å². The van der Waals surface area contributed by atoms with Gasteiger partial charge in [-0.15, -0.1) is 0 Å². The number of aromatic carboxylic acids is 1. The maximum absolute atomic E-state index is 11.1. The third-order valence-corrected chi connectivity index (χ3v) is 4.84. The molecule has 2 aromatic rings. The van der Waals surface area contributed by atoms with Gasteiger partial charge in [-0.2, -0.15) is 0 Å². The lowest BCUT2D eigenvalue weighted by Gasteiger charge is -2.35. The fourth-order valence-corrected chi connectivity index (χ4v) is 3.37. The summed E-state index contributed by atoms with van der Waals surface area (Å²) in [6, 6.07) is 5.59. The summed E-state index contributed by atoms with van der Waals surface area (Å²) >= 11 is 0. The third kappa shape index (κ3) is 2.09. The van der Waals surface area contributed by atoms with Crippen molar-refractivity contribution in [2.45, 2.75) is 39.2 Å². The van der Waals surface area contributed by atoms with Crippen LogP contribution in [0.3, 0.4) is 0 Å². The summed E-state index contributed by atoms with van der Waals surface area (Å²) in [4.78, 5) is 15.6. The summed E-state index contributed by atoms with van der Waals surface area (Å²) < 4.78 is 2.18. The number of hydrogen-bond donors (Lipinski definition) is 1. The molecule has 1 aromatic carbocycles. The summed E-state index contributed by atoms with van der Waals surface area (Å²) in [5.41, 5.74) is 2.15. The molecule has 1 heterocycles. The molecule has 1 saturated carbocycles. The van der Waals surface area contributed by atoms with Gasteiger partial charge in [-0.05, 0) is 36.5 Å². The maximum atomic E-state index is 11.1. The molecule has 0 radical (unpaired) electrons. The quantitative estimate of drug-likeness (QED) is 0.906. The van der Waals surface area contributed by atoms with Crippen LogP contribution in [-0.2, 0) is 0 Å². The molecule has 1 aromatic heterocycles. The van der Waals surface area contributed by atoms with E-state index in [-0.39, 0.29) is 0 Å². The number of rotatable bonds is 2. The largest absolute Gasteiger partial charge is 0.478 e. The Kier molecular flexibility index (Phi) is 3.24. The monoisotopic (exact) mass is 272 g/mol. The molecular weight excluding hydrogens is 252 g/mol. The van der Waals surface area contributed by atoms with Gasteiger partial charge < -0.3 is 9.67 Å². The molecule has 1 aliphatic carbocycles. The van der Waals surface area contributed by atoms with Gasteiger partial charge in [-0.1, -0.05) is 26.7 Å². The minimum atomic E-state index is -0.885. The first-order valence-electron chi connectivity index (χ1n) is 7.28. The zero-order valence-corrected chi connectivity index (χ0v) is 11.9. The number of imidazole rings is 1. The molecule has 1 N–H and O–H groups in total. The smallest absolute Gasteiger partial charge is 0.335 e. The molecule has 0 spiro atoms. The minimum absolute atomic E-state index is 0.329. The molecule has 3 rings (SSSR count). The predicted octanol–water partition coefficient (Wildman–Crippen LogP) is 3.73. The van der Waals surface area contributed by atoms with Crippen LogP contribution in [0, 0.1) is 11.8 Å². The van der Waals surface area contributed by atoms with Crippen LogP contribution in [0.15, 0.2) is 24.5 Å². The van der Waals surface area contributed by atoms with Gasteiger partial charge in [0.15, 0.2) is 0 Å². The molecule has 0 amide bonds. The van der Waals surface area contributed by atoms with E-state index in [2.05, 4.69) is 23.4 Å². The van der Waals surface area contributed by atoms with Gasteiger partial charge in [-0.3, -0.25) is 0 Å². The van der Waals surface area contributed by atoms with Crippen molar-refractivity contribution >= 4 is 17.0 Å². The van der Waals surface area contributed by atoms with E-state index in [4.69, 9.17) is 5.11 Å². The van der Waals surface area contributed by atoms with Gasteiger partial charge in [0, 0.05) is 6.04 Å². The Morgan fingerprint density at radius 3 is 2.90 bits per heavy atom. The molecule has 4 heteroatoms. The van der Waals surface area contributed by atoms with Crippen LogP contribution in [0.25, 0.3) is 11.0 Å². The molecule has 1 aliphatic rings. The molecule has 1 fully saturated rings. The Labute approximate surface area is 118 Å². The zero-order valence-electron chi connectivity index (χ0n) is 11.9. The maximum Gasteiger partial charge on any atom is 0.335 e. The second-order valence-electron chi connectivity index (χ2n) is 6.00. The average Bonchev–Trinajstić information content (AvgIpc) is 2.84. The van der Waals surface area contributed by atoms with Crippen molar-refractivity contribution in [3.8, 4) is 0 Å². The van der Waals surface area contributed by atoms with Crippen LogP contribution in [0.1, 0.15) is 49.5 Å². The van der Waals surface area contributed by atoms with E-state index in [9.17, 15) is 4.79 Å². The van der Waals surface area contributed by atoms with E-state index in [1.807, 2.05) is 6.33 Å². The van der Waals surface area contributed by atoms with Crippen molar-refractivity contribution in [2.75, 3.05) is 0 Å². The summed E-state index contributed by atoms with van der Waals surface area (Å²) in [7, 11) is 0. The van der Waals surface area contributed by atoms with E-state index >= 15 is 0 Å². The van der Waals surface area contributed by atoms with Crippen molar-refractivity contribution in [1.82, 2.24) is 9.55 Å². The van der Waals surface area contributed by atoms with Gasteiger partial charge in [0.1, 0.15) is 0 Å². The second kappa shape index (κ2) is 4.93. The summed E-state index contributed by atoms with van der Waals surface area (Å²) in [5.74, 6) is 0.410. The average molecular weight is 272 g/mol. The molecule has 3 atom stereocenters. The second-order valence-corrected chi connectivity index (χ2v) is 6.00. The van der Waals surface area contributed by atoms with Gasteiger partial charge in [-0.25, -0.2) is 9.78 Å². The van der Waals surface area contributed by atoms with E-state index in [0.717, 1.165) is 17.5 Å². The highest BCUT2D eigenvalue weighted by Crippen LogP contribution is 2.39. The molecule has 106 valence electrons. The zero-order chi connectivity index (χ0) is 14.3. The first-order valence-corrected chi connectivity index (χ1v) is 7.28. The number of fused-ring (bicyclic) bond motifs is 1. The summed E-state index contributed by atoms with van der Waals surface area (Å²) in [5, 5.41) is 9.15. The number of benzene rings is 1. The van der Waals surface area contributed by atoms with E-state index in [1.54, 1.807) is 18.2 Å². The third-order valence-electron chi connectivity index (χ3n) is 4.84. The lowest BCUT2D eigenvalue weighted by molar-refractivity contribution is 0.0697. The fourth-order valence-electron chi connectivity index (χ4n) is 3.37. The van der Waals surface area contributed by atoms with E-state index in [1.165, 1.54) is 12.8 Å². The van der Waals surface area contributed by atoms with Crippen molar-refractivity contribution < 1.29 is 9.90 Å². The van der Waals surface area contributed by atoms with Crippen molar-refractivity contribution in [3.05, 3.63) is 30.1 Å². The van der Waals surface area contributed by atoms with E-state index in [0.29, 0.717) is 23.4 Å². The first kappa shape index (κ1) is 13.2. The number of aromatic nitrogens is 2. The lowest BCUT2D eigenvalue weighted by Crippen LogP contribution is -2.26. The van der Waals surface area contributed by atoms with Crippen LogP contribution in [-0.4, -0.2) is 20.6 Å². The Bertz CT molecular complexity index is 647. The van der Waals surface area contributed by atoms with Gasteiger partial charge >= 0.3 is 5.97 Å². The summed E-state index contributed by atoms with van der Waals surface area (Å²) in [6.07, 6.45) is 5.53. The first-order chi connectivity index (χ1) is 9.58. The molecule has 0 saturated heterocycles. The molecule has 0 aliphatic heterocycles. The topological polar surface area (TPSA) is 55.1 Å². The number of hydrogen-bond acceptors (Lipinski definition) is 2. The van der Waals surface area contributed by atoms with Crippen LogP contribution >= 0.6 is 0 Å².